The minimum Gasteiger partial charge on any atom is -0.384 e. The molecule has 10 heavy (non-hydrogen) atoms. The summed E-state index contributed by atoms with van der Waals surface area (Å²) < 4.78 is 4.87. The molecule has 0 atom stereocenters. The van der Waals surface area contributed by atoms with Crippen molar-refractivity contribution < 1.29 is 4.74 Å². The normalized spacial score (nSPS) is 10.1. The molecule has 0 amide bonds. The monoisotopic (exact) mass is 138 g/mol. The highest BCUT2D eigenvalue weighted by molar-refractivity contribution is 5.17. The van der Waals surface area contributed by atoms with E-state index in [4.69, 9.17) is 4.74 Å². The Morgan fingerprint density at radius 3 is 2.80 bits per heavy atom. The summed E-state index contributed by atoms with van der Waals surface area (Å²) in [5.41, 5.74) is 1.07. The molecule has 0 aliphatic carbocycles. The maximum Gasteiger partial charge on any atom is 0.0502 e. The number of rotatable bonds is 5. The van der Waals surface area contributed by atoms with Gasteiger partial charge >= 0.3 is 0 Å². The van der Waals surface area contributed by atoms with E-state index >= 15 is 0 Å². The molecule has 0 spiro atoms. The van der Waals surface area contributed by atoms with Crippen LogP contribution in [0.2, 0.25) is 0 Å². The second-order valence-electron chi connectivity index (χ2n) is 2.00. The van der Waals surface area contributed by atoms with Crippen LogP contribution in [0, 0.1) is 0 Å². The van der Waals surface area contributed by atoms with Gasteiger partial charge in [0.15, 0.2) is 0 Å². The number of ether oxygens (including phenoxy) is 1. The molecule has 0 aromatic heterocycles. The Bertz CT molecular complexity index is 134. The van der Waals surface area contributed by atoms with Crippen molar-refractivity contribution in [2.45, 2.75) is 6.42 Å². The lowest BCUT2D eigenvalue weighted by Crippen LogP contribution is -1.88. The molecule has 0 bridgehead atoms. The van der Waals surface area contributed by atoms with Crippen LogP contribution in [0.3, 0.4) is 0 Å². The number of allylic oxidation sites excluding steroid dienone is 3. The van der Waals surface area contributed by atoms with Crippen LogP contribution < -0.4 is 0 Å². The molecule has 0 aromatic rings. The molecular formula is C9H14O. The summed E-state index contributed by atoms with van der Waals surface area (Å²) in [4.78, 5) is 0. The number of hydrogen-bond acceptors (Lipinski definition) is 1. The summed E-state index contributed by atoms with van der Waals surface area (Å²) in [6.07, 6.45) is 6.43. The molecule has 0 aromatic carbocycles. The lowest BCUT2D eigenvalue weighted by molar-refractivity contribution is 0.203. The van der Waals surface area contributed by atoms with Crippen molar-refractivity contribution in [3.8, 4) is 0 Å². The van der Waals surface area contributed by atoms with Crippen LogP contribution in [-0.4, -0.2) is 13.7 Å². The van der Waals surface area contributed by atoms with E-state index in [-0.39, 0.29) is 0 Å². The van der Waals surface area contributed by atoms with E-state index in [2.05, 4.69) is 13.2 Å². The average Bonchev–Trinajstić information content (AvgIpc) is 1.97. The first-order valence-electron chi connectivity index (χ1n) is 3.27. The third-order valence-electron chi connectivity index (χ3n) is 1.10. The minimum absolute atomic E-state index is 0.736. The predicted molar refractivity (Wildman–Crippen MR) is 45.0 cm³/mol. The lowest BCUT2D eigenvalue weighted by Gasteiger charge is -1.96. The highest BCUT2D eigenvalue weighted by atomic mass is 16.5. The van der Waals surface area contributed by atoms with Gasteiger partial charge < -0.3 is 4.74 Å². The van der Waals surface area contributed by atoms with Crippen LogP contribution in [0.25, 0.3) is 0 Å². The molecule has 56 valence electrons. The summed E-state index contributed by atoms with van der Waals surface area (Å²) >= 11 is 0. The molecule has 0 rings (SSSR count). The Kier molecular flexibility index (Phi) is 5.79. The molecule has 1 heteroatoms. The minimum atomic E-state index is 0.736. The second kappa shape index (κ2) is 6.30. The van der Waals surface area contributed by atoms with Crippen LogP contribution >= 0.6 is 0 Å². The van der Waals surface area contributed by atoms with Crippen molar-refractivity contribution in [1.29, 1.82) is 0 Å². The summed E-state index contributed by atoms with van der Waals surface area (Å²) in [5, 5.41) is 0. The first-order valence-corrected chi connectivity index (χ1v) is 3.27. The zero-order chi connectivity index (χ0) is 7.82. The molecule has 0 radical (unpaired) electrons. The number of methoxy groups -OCH3 is 1. The van der Waals surface area contributed by atoms with E-state index in [1.807, 2.05) is 12.2 Å². The van der Waals surface area contributed by atoms with Gasteiger partial charge in [0.2, 0.25) is 0 Å². The van der Waals surface area contributed by atoms with Crippen LogP contribution in [-0.2, 0) is 4.74 Å². The van der Waals surface area contributed by atoms with Gasteiger partial charge in [-0.15, -0.1) is 0 Å². The summed E-state index contributed by atoms with van der Waals surface area (Å²) in [7, 11) is 1.69. The highest BCUT2D eigenvalue weighted by Gasteiger charge is 1.85. The van der Waals surface area contributed by atoms with Crippen molar-refractivity contribution in [2.24, 2.45) is 0 Å². The molecule has 0 saturated carbocycles. The standard InChI is InChI=1S/C9H14O/c1-4-5-6-9(2)7-8-10-3/h4-6H,1-2,7-8H2,3H3/b6-5-. The van der Waals surface area contributed by atoms with E-state index in [0.29, 0.717) is 0 Å². The van der Waals surface area contributed by atoms with E-state index in [1.54, 1.807) is 13.2 Å². The molecular weight excluding hydrogens is 124 g/mol. The zero-order valence-electron chi connectivity index (χ0n) is 6.47. The van der Waals surface area contributed by atoms with Gasteiger partial charge in [0, 0.05) is 7.11 Å². The predicted octanol–water partition coefficient (Wildman–Crippen LogP) is 2.32. The smallest absolute Gasteiger partial charge is 0.0502 e. The summed E-state index contributed by atoms with van der Waals surface area (Å²) in [5.74, 6) is 0. The molecule has 0 saturated heterocycles. The van der Waals surface area contributed by atoms with Gasteiger partial charge in [-0.05, 0) is 6.42 Å². The molecule has 0 unspecified atom stereocenters. The fourth-order valence-corrected chi connectivity index (χ4v) is 0.521. The first-order chi connectivity index (χ1) is 4.81. The van der Waals surface area contributed by atoms with Crippen LogP contribution in [0.4, 0.5) is 0 Å². The molecule has 0 aliphatic rings. The largest absolute Gasteiger partial charge is 0.384 e. The Morgan fingerprint density at radius 1 is 1.60 bits per heavy atom. The SMILES string of the molecule is C=C/C=C\C(=C)CCOC. The van der Waals surface area contributed by atoms with Gasteiger partial charge in [0.05, 0.1) is 6.61 Å². The van der Waals surface area contributed by atoms with Crippen LogP contribution in [0.1, 0.15) is 6.42 Å². The molecule has 1 nitrogen and oxygen atoms in total. The van der Waals surface area contributed by atoms with E-state index < -0.39 is 0 Å². The summed E-state index contributed by atoms with van der Waals surface area (Å²) in [6, 6.07) is 0. The second-order valence-corrected chi connectivity index (χ2v) is 2.00. The van der Waals surface area contributed by atoms with Crippen molar-refractivity contribution in [2.75, 3.05) is 13.7 Å². The van der Waals surface area contributed by atoms with Gasteiger partial charge in [-0.1, -0.05) is 37.0 Å². The molecule has 0 heterocycles. The van der Waals surface area contributed by atoms with Gasteiger partial charge in [0.25, 0.3) is 0 Å². The van der Waals surface area contributed by atoms with Crippen molar-refractivity contribution in [3.63, 3.8) is 0 Å². The third-order valence-corrected chi connectivity index (χ3v) is 1.10. The van der Waals surface area contributed by atoms with Gasteiger partial charge in [-0.3, -0.25) is 0 Å². The summed E-state index contributed by atoms with van der Waals surface area (Å²) in [6.45, 7) is 8.11. The average molecular weight is 138 g/mol. The van der Waals surface area contributed by atoms with Gasteiger partial charge in [-0.2, -0.15) is 0 Å². The first kappa shape index (κ1) is 9.18. The fraction of sp³-hybridized carbons (Fsp3) is 0.333. The van der Waals surface area contributed by atoms with Crippen LogP contribution in [0.15, 0.2) is 37.0 Å². The maximum absolute atomic E-state index is 4.87. The van der Waals surface area contributed by atoms with E-state index in [0.717, 1.165) is 18.6 Å². The van der Waals surface area contributed by atoms with Crippen molar-refractivity contribution in [3.05, 3.63) is 37.0 Å². The molecule has 0 N–H and O–H groups in total. The lowest BCUT2D eigenvalue weighted by atomic mass is 10.2. The van der Waals surface area contributed by atoms with Gasteiger partial charge in [-0.25, -0.2) is 0 Å². The Hall–Kier alpha value is -0.820. The zero-order valence-corrected chi connectivity index (χ0v) is 6.47. The van der Waals surface area contributed by atoms with Crippen molar-refractivity contribution in [1.82, 2.24) is 0 Å². The Labute approximate surface area is 62.7 Å². The Morgan fingerprint density at radius 2 is 2.30 bits per heavy atom. The maximum atomic E-state index is 4.87. The van der Waals surface area contributed by atoms with E-state index in [1.165, 1.54) is 0 Å². The Balaban J connectivity index is 3.43. The van der Waals surface area contributed by atoms with Crippen LogP contribution in [0.5, 0.6) is 0 Å². The highest BCUT2D eigenvalue weighted by Crippen LogP contribution is 1.98. The topological polar surface area (TPSA) is 9.23 Å². The molecule has 0 aliphatic heterocycles. The van der Waals surface area contributed by atoms with Crippen molar-refractivity contribution >= 4 is 0 Å². The number of hydrogen-bond donors (Lipinski definition) is 0. The quantitative estimate of drug-likeness (QED) is 0.530. The molecule has 0 fully saturated rings. The third kappa shape index (κ3) is 5.32. The van der Waals surface area contributed by atoms with Gasteiger partial charge in [0.1, 0.15) is 0 Å². The fourth-order valence-electron chi connectivity index (χ4n) is 0.521. The van der Waals surface area contributed by atoms with E-state index in [9.17, 15) is 0 Å².